The van der Waals surface area contributed by atoms with Crippen LogP contribution in [-0.2, 0) is 0 Å². The Bertz CT molecular complexity index is 1150. The van der Waals surface area contributed by atoms with E-state index in [0.29, 0.717) is 0 Å². The average Bonchev–Trinajstić information content (AvgIpc) is 3.14. The van der Waals surface area contributed by atoms with Crippen LogP contribution in [0.15, 0.2) is 84.2 Å². The zero-order valence-electron chi connectivity index (χ0n) is 12.5. The number of rotatable bonds is 1. The van der Waals surface area contributed by atoms with Gasteiger partial charge in [-0.25, -0.2) is 0 Å². The van der Waals surface area contributed by atoms with Crippen molar-refractivity contribution in [2.24, 2.45) is 0 Å². The number of benzene rings is 4. The van der Waals surface area contributed by atoms with Crippen molar-refractivity contribution in [3.8, 4) is 10.4 Å². The van der Waals surface area contributed by atoms with E-state index in [-0.39, 0.29) is 0 Å². The zero-order chi connectivity index (χ0) is 15.2. The van der Waals surface area contributed by atoms with Crippen LogP contribution in [0.2, 0.25) is 0 Å². The Labute approximate surface area is 138 Å². The first-order chi connectivity index (χ1) is 11.4. The Morgan fingerprint density at radius 2 is 1.30 bits per heavy atom. The summed E-state index contributed by atoms with van der Waals surface area (Å²) in [5.41, 5.74) is 1.36. The van der Waals surface area contributed by atoms with Crippen LogP contribution in [0.5, 0.6) is 0 Å². The van der Waals surface area contributed by atoms with E-state index in [0.717, 1.165) is 0 Å². The highest BCUT2D eigenvalue weighted by molar-refractivity contribution is 7.13. The quantitative estimate of drug-likeness (QED) is 0.234. The molecule has 1 heteroatoms. The van der Waals surface area contributed by atoms with Gasteiger partial charge in [0.2, 0.25) is 0 Å². The third-order valence-corrected chi connectivity index (χ3v) is 5.42. The Hall–Kier alpha value is -2.64. The van der Waals surface area contributed by atoms with Crippen molar-refractivity contribution in [2.45, 2.75) is 0 Å². The fourth-order valence-corrected chi connectivity index (χ4v) is 4.31. The fourth-order valence-electron chi connectivity index (χ4n) is 3.51. The van der Waals surface area contributed by atoms with Gasteiger partial charge in [-0.05, 0) is 49.8 Å². The van der Waals surface area contributed by atoms with E-state index in [4.69, 9.17) is 0 Å². The van der Waals surface area contributed by atoms with Gasteiger partial charge in [0, 0.05) is 10.4 Å². The van der Waals surface area contributed by atoms with Crippen LogP contribution in [0.3, 0.4) is 0 Å². The molecule has 0 fully saturated rings. The van der Waals surface area contributed by atoms with Gasteiger partial charge in [0.15, 0.2) is 0 Å². The summed E-state index contributed by atoms with van der Waals surface area (Å²) in [6.07, 6.45) is 0. The third-order valence-electron chi connectivity index (χ3n) is 4.54. The number of fused-ring (bicyclic) bond motifs is 4. The molecule has 108 valence electrons. The summed E-state index contributed by atoms with van der Waals surface area (Å²) in [7, 11) is 0. The summed E-state index contributed by atoms with van der Waals surface area (Å²) in [5.74, 6) is 0. The number of hydrogen-bond acceptors (Lipinski definition) is 1. The minimum absolute atomic E-state index is 1.30. The lowest BCUT2D eigenvalue weighted by atomic mass is 9.93. The Kier molecular flexibility index (Phi) is 2.76. The number of thiophene rings is 1. The maximum atomic E-state index is 2.34. The van der Waals surface area contributed by atoms with E-state index < -0.39 is 0 Å². The lowest BCUT2D eigenvalue weighted by Gasteiger charge is -2.12. The van der Waals surface area contributed by atoms with E-state index in [1.165, 1.54) is 42.8 Å². The molecule has 0 amide bonds. The van der Waals surface area contributed by atoms with E-state index >= 15 is 0 Å². The molecule has 0 N–H and O–H groups in total. The summed E-state index contributed by atoms with van der Waals surface area (Å²) < 4.78 is 0. The molecule has 1 heterocycles. The van der Waals surface area contributed by atoms with E-state index in [2.05, 4.69) is 84.2 Å². The normalized spacial score (nSPS) is 11.5. The van der Waals surface area contributed by atoms with Crippen LogP contribution in [0.25, 0.3) is 42.8 Å². The van der Waals surface area contributed by atoms with Crippen LogP contribution < -0.4 is 0 Å². The molecule has 0 radical (unpaired) electrons. The molecule has 23 heavy (non-hydrogen) atoms. The van der Waals surface area contributed by atoms with E-state index in [9.17, 15) is 0 Å². The first-order valence-corrected chi connectivity index (χ1v) is 8.67. The van der Waals surface area contributed by atoms with Crippen molar-refractivity contribution in [2.75, 3.05) is 0 Å². The standard InChI is InChI=1S/C22H14S/c1-3-8-17-15(6-1)11-12-19-20(17)14-16-7-2-4-9-18(16)22(19)21-10-5-13-23-21/h1-14H. The van der Waals surface area contributed by atoms with Gasteiger partial charge in [0.1, 0.15) is 0 Å². The largest absolute Gasteiger partial charge is 0.144 e. The summed E-state index contributed by atoms with van der Waals surface area (Å²) in [6.45, 7) is 0. The molecular weight excluding hydrogens is 296 g/mol. The van der Waals surface area contributed by atoms with Gasteiger partial charge in [0.05, 0.1) is 0 Å². The molecule has 0 nitrogen and oxygen atoms in total. The van der Waals surface area contributed by atoms with Crippen LogP contribution in [0.4, 0.5) is 0 Å². The van der Waals surface area contributed by atoms with E-state index in [1.807, 2.05) is 11.3 Å². The second kappa shape index (κ2) is 4.94. The average molecular weight is 310 g/mol. The molecular formula is C22H14S. The van der Waals surface area contributed by atoms with Gasteiger partial charge in [0.25, 0.3) is 0 Å². The lowest BCUT2D eigenvalue weighted by molar-refractivity contribution is 1.76. The van der Waals surface area contributed by atoms with Crippen LogP contribution in [0, 0.1) is 0 Å². The summed E-state index contributed by atoms with van der Waals surface area (Å²) in [6, 6.07) is 28.6. The van der Waals surface area contributed by atoms with Crippen LogP contribution in [-0.4, -0.2) is 0 Å². The summed E-state index contributed by atoms with van der Waals surface area (Å²) in [5, 5.41) is 10.1. The maximum Gasteiger partial charge on any atom is 0.0355 e. The van der Waals surface area contributed by atoms with Crippen molar-refractivity contribution < 1.29 is 0 Å². The molecule has 0 saturated carbocycles. The van der Waals surface area contributed by atoms with Crippen LogP contribution in [0.1, 0.15) is 0 Å². The van der Waals surface area contributed by atoms with Crippen LogP contribution >= 0.6 is 11.3 Å². The molecule has 5 rings (SSSR count). The zero-order valence-corrected chi connectivity index (χ0v) is 13.3. The molecule has 5 aromatic rings. The van der Waals surface area contributed by atoms with Gasteiger partial charge in [-0.3, -0.25) is 0 Å². The first kappa shape index (κ1) is 12.9. The summed E-state index contributed by atoms with van der Waals surface area (Å²) in [4.78, 5) is 1.34. The Morgan fingerprint density at radius 3 is 2.13 bits per heavy atom. The smallest absolute Gasteiger partial charge is 0.0355 e. The topological polar surface area (TPSA) is 0 Å². The molecule has 0 spiro atoms. The fraction of sp³-hybridized carbons (Fsp3) is 0. The van der Waals surface area contributed by atoms with Gasteiger partial charge in [-0.15, -0.1) is 11.3 Å². The molecule has 0 bridgehead atoms. The van der Waals surface area contributed by atoms with Crippen molar-refractivity contribution in [1.29, 1.82) is 0 Å². The second-order valence-corrected chi connectivity index (χ2v) is 6.78. The molecule has 4 aromatic carbocycles. The van der Waals surface area contributed by atoms with Gasteiger partial charge >= 0.3 is 0 Å². The molecule has 0 aliphatic heterocycles. The minimum atomic E-state index is 1.30. The molecule has 0 unspecified atom stereocenters. The first-order valence-electron chi connectivity index (χ1n) is 7.79. The predicted molar refractivity (Wildman–Crippen MR) is 102 cm³/mol. The van der Waals surface area contributed by atoms with Crippen molar-refractivity contribution in [1.82, 2.24) is 0 Å². The predicted octanol–water partition coefficient (Wildman–Crippen LogP) is 6.87. The van der Waals surface area contributed by atoms with Crippen molar-refractivity contribution >= 4 is 43.7 Å². The molecule has 1 aromatic heterocycles. The monoisotopic (exact) mass is 310 g/mol. The maximum absolute atomic E-state index is 2.34. The molecule has 0 aliphatic rings. The summed E-state index contributed by atoms with van der Waals surface area (Å²) >= 11 is 1.81. The van der Waals surface area contributed by atoms with E-state index in [1.54, 1.807) is 0 Å². The molecule has 0 atom stereocenters. The highest BCUT2D eigenvalue weighted by Crippen LogP contribution is 2.40. The SMILES string of the molecule is c1csc(-c2c3ccccc3cc3c2ccc2ccccc23)c1. The third kappa shape index (κ3) is 1.90. The molecule has 0 aliphatic carbocycles. The Balaban J connectivity index is 2.08. The highest BCUT2D eigenvalue weighted by Gasteiger charge is 2.12. The lowest BCUT2D eigenvalue weighted by Crippen LogP contribution is -1.85. The Morgan fingerprint density at radius 1 is 0.522 bits per heavy atom. The van der Waals surface area contributed by atoms with Gasteiger partial charge in [-0.1, -0.05) is 66.7 Å². The van der Waals surface area contributed by atoms with Crippen molar-refractivity contribution in [3.63, 3.8) is 0 Å². The minimum Gasteiger partial charge on any atom is -0.144 e. The van der Waals surface area contributed by atoms with Gasteiger partial charge < -0.3 is 0 Å². The number of hydrogen-bond donors (Lipinski definition) is 0. The highest BCUT2D eigenvalue weighted by atomic mass is 32.1. The molecule has 0 saturated heterocycles. The van der Waals surface area contributed by atoms with Crippen molar-refractivity contribution in [3.05, 3.63) is 84.2 Å². The van der Waals surface area contributed by atoms with Gasteiger partial charge in [-0.2, -0.15) is 0 Å². The second-order valence-electron chi connectivity index (χ2n) is 5.83.